The highest BCUT2D eigenvalue weighted by Gasteiger charge is 2.02. The van der Waals surface area contributed by atoms with Crippen LogP contribution in [0.15, 0.2) is 10.3 Å². The van der Waals surface area contributed by atoms with E-state index in [0.717, 1.165) is 0 Å². The van der Waals surface area contributed by atoms with Crippen LogP contribution in [0.3, 0.4) is 0 Å². The number of rotatable bonds is 3. The quantitative estimate of drug-likeness (QED) is 0.501. The molecule has 0 bridgehead atoms. The summed E-state index contributed by atoms with van der Waals surface area (Å²) in [5, 5.41) is 12.4. The maximum atomic E-state index is 4.80. The number of hydrogen-bond acceptors (Lipinski definition) is 6. The fraction of sp³-hybridized carbons (Fsp3) is 0. The predicted molar refractivity (Wildman–Crippen MR) is 59.3 cm³/mol. The number of hydrogen-bond donors (Lipinski definition) is 4. The van der Waals surface area contributed by atoms with Gasteiger partial charge in [-0.25, -0.2) is 0 Å². The molecule has 0 saturated heterocycles. The van der Waals surface area contributed by atoms with E-state index in [-0.39, 0.29) is 0 Å². The Labute approximate surface area is 96.1 Å². The van der Waals surface area contributed by atoms with Crippen molar-refractivity contribution < 1.29 is 0 Å². The second-order valence-corrected chi connectivity index (χ2v) is 4.99. The summed E-state index contributed by atoms with van der Waals surface area (Å²) in [5.41, 5.74) is 0. The van der Waals surface area contributed by atoms with Crippen molar-refractivity contribution in [2.75, 3.05) is 0 Å². The molecule has 0 amide bonds. The predicted octanol–water partition coefficient (Wildman–Crippen LogP) is 2.05. The number of aromatic nitrogens is 6. The zero-order chi connectivity index (χ0) is 9.97. The van der Waals surface area contributed by atoms with Crippen molar-refractivity contribution in [3.8, 4) is 0 Å². The van der Waals surface area contributed by atoms with Gasteiger partial charge in [0.05, 0.1) is 0 Å². The fourth-order valence-electron chi connectivity index (χ4n) is 0.668. The Morgan fingerprint density at radius 3 is 1.50 bits per heavy atom. The van der Waals surface area contributed by atoms with Crippen LogP contribution in [0, 0.1) is 9.54 Å². The van der Waals surface area contributed by atoms with Crippen LogP contribution in [0.1, 0.15) is 0 Å². The highest BCUT2D eigenvalue weighted by Crippen LogP contribution is 2.32. The smallest absolute Gasteiger partial charge is 0.214 e. The van der Waals surface area contributed by atoms with E-state index in [1.165, 1.54) is 21.6 Å². The second kappa shape index (κ2) is 4.29. The van der Waals surface area contributed by atoms with Gasteiger partial charge in [0.2, 0.25) is 9.54 Å². The minimum absolute atomic E-state index is 0.433. The van der Waals surface area contributed by atoms with Crippen molar-refractivity contribution in [2.45, 2.75) is 10.3 Å². The van der Waals surface area contributed by atoms with E-state index in [4.69, 9.17) is 24.4 Å². The minimum Gasteiger partial charge on any atom is -0.276 e. The van der Waals surface area contributed by atoms with Gasteiger partial charge in [0.1, 0.15) is 0 Å². The van der Waals surface area contributed by atoms with Gasteiger partial charge in [-0.15, -0.1) is 0 Å². The lowest BCUT2D eigenvalue weighted by Gasteiger charge is -1.89. The van der Waals surface area contributed by atoms with Gasteiger partial charge >= 0.3 is 0 Å². The molecular weight excluding hydrogens is 260 g/mol. The zero-order valence-electron chi connectivity index (χ0n) is 6.53. The van der Waals surface area contributed by atoms with E-state index in [0.29, 0.717) is 19.9 Å². The van der Waals surface area contributed by atoms with Crippen molar-refractivity contribution in [2.24, 2.45) is 0 Å². The van der Waals surface area contributed by atoms with Gasteiger partial charge in [0.25, 0.3) is 0 Å². The standard InChI is InChI=1S/C4H4N6S4/c11-1-5-3(9-7-1)13-14-4-6-2(12)8-10-4/h(H2,5,7,9,11)(H2,6,8,10,12). The summed E-state index contributed by atoms with van der Waals surface area (Å²) in [6.45, 7) is 0. The molecule has 0 atom stereocenters. The van der Waals surface area contributed by atoms with Gasteiger partial charge in [0, 0.05) is 0 Å². The first-order valence-electron chi connectivity index (χ1n) is 3.38. The number of nitrogens with zero attached hydrogens (tertiary/aromatic N) is 2. The maximum Gasteiger partial charge on any atom is 0.214 e. The summed E-state index contributed by atoms with van der Waals surface area (Å²) in [6, 6.07) is 0. The Balaban J connectivity index is 2.01. The first-order chi connectivity index (χ1) is 6.74. The minimum atomic E-state index is 0.433. The van der Waals surface area contributed by atoms with Gasteiger partial charge in [-0.05, 0) is 46.0 Å². The van der Waals surface area contributed by atoms with Crippen molar-refractivity contribution in [1.82, 2.24) is 30.4 Å². The van der Waals surface area contributed by atoms with Gasteiger partial charge in [-0.1, -0.05) is 0 Å². The van der Waals surface area contributed by atoms with E-state index in [2.05, 4.69) is 30.4 Å². The molecule has 2 rings (SSSR count). The molecule has 0 spiro atoms. The monoisotopic (exact) mass is 264 g/mol. The molecule has 2 aromatic heterocycles. The van der Waals surface area contributed by atoms with Crippen molar-refractivity contribution >= 4 is 46.0 Å². The number of nitrogens with one attached hydrogen (secondary N) is 4. The lowest BCUT2D eigenvalue weighted by Crippen LogP contribution is -1.73. The van der Waals surface area contributed by atoms with Crippen molar-refractivity contribution in [1.29, 1.82) is 0 Å². The van der Waals surface area contributed by atoms with E-state index < -0.39 is 0 Å². The van der Waals surface area contributed by atoms with Crippen LogP contribution in [0.4, 0.5) is 0 Å². The molecule has 0 unspecified atom stereocenters. The van der Waals surface area contributed by atoms with Crippen LogP contribution in [0.5, 0.6) is 0 Å². The van der Waals surface area contributed by atoms with Crippen LogP contribution >= 0.6 is 46.0 Å². The van der Waals surface area contributed by atoms with Gasteiger partial charge in [-0.2, -0.15) is 9.97 Å². The average Bonchev–Trinajstić information content (AvgIpc) is 2.72. The van der Waals surface area contributed by atoms with E-state index in [1.54, 1.807) is 0 Å². The zero-order valence-corrected chi connectivity index (χ0v) is 9.79. The van der Waals surface area contributed by atoms with E-state index >= 15 is 0 Å². The first kappa shape index (κ1) is 9.96. The fourth-order valence-corrected chi connectivity index (χ4v) is 2.62. The molecule has 0 aliphatic rings. The van der Waals surface area contributed by atoms with Crippen LogP contribution in [-0.2, 0) is 0 Å². The molecule has 0 aliphatic carbocycles. The Bertz CT molecular complexity index is 470. The summed E-state index contributed by atoms with van der Waals surface area (Å²) in [4.78, 5) is 8.00. The van der Waals surface area contributed by atoms with Crippen LogP contribution in [-0.4, -0.2) is 30.4 Å². The third-order valence-electron chi connectivity index (χ3n) is 1.16. The SMILES string of the molecule is S=c1nc(SSc2nc(=S)[nH][nH]2)[nH][nH]1. The average molecular weight is 264 g/mol. The molecule has 2 heterocycles. The third kappa shape index (κ3) is 2.47. The molecule has 6 nitrogen and oxygen atoms in total. The molecule has 14 heavy (non-hydrogen) atoms. The molecule has 4 N–H and O–H groups in total. The summed E-state index contributed by atoms with van der Waals surface area (Å²) in [5.74, 6) is 0. The Hall–Kier alpha value is -0.580. The van der Waals surface area contributed by atoms with Crippen LogP contribution in [0.25, 0.3) is 0 Å². The highest BCUT2D eigenvalue weighted by atomic mass is 33.1. The third-order valence-corrected chi connectivity index (χ3v) is 3.53. The summed E-state index contributed by atoms with van der Waals surface area (Å²) < 4.78 is 0.867. The summed E-state index contributed by atoms with van der Waals surface area (Å²) in [6.07, 6.45) is 0. The molecule has 10 heteroatoms. The van der Waals surface area contributed by atoms with Gasteiger partial charge in [0.15, 0.2) is 10.3 Å². The van der Waals surface area contributed by atoms with Crippen molar-refractivity contribution in [3.05, 3.63) is 9.54 Å². The normalized spacial score (nSPS) is 10.6. The molecule has 74 valence electrons. The highest BCUT2D eigenvalue weighted by molar-refractivity contribution is 8.76. The molecule has 0 aliphatic heterocycles. The first-order valence-corrected chi connectivity index (χ1v) is 6.34. The lowest BCUT2D eigenvalue weighted by molar-refractivity contribution is 0.972. The number of H-pyrrole nitrogens is 4. The molecule has 0 saturated carbocycles. The van der Waals surface area contributed by atoms with E-state index in [9.17, 15) is 0 Å². The maximum absolute atomic E-state index is 4.80. The summed E-state index contributed by atoms with van der Waals surface area (Å²) >= 11 is 9.60. The molecule has 0 radical (unpaired) electrons. The van der Waals surface area contributed by atoms with Gasteiger partial charge in [-0.3, -0.25) is 20.4 Å². The van der Waals surface area contributed by atoms with Gasteiger partial charge < -0.3 is 0 Å². The summed E-state index contributed by atoms with van der Waals surface area (Å²) in [7, 11) is 2.80. The Morgan fingerprint density at radius 2 is 1.21 bits per heavy atom. The molecular formula is C4H4N6S4. The Kier molecular flexibility index (Phi) is 3.05. The van der Waals surface area contributed by atoms with Crippen LogP contribution in [0.2, 0.25) is 0 Å². The second-order valence-electron chi connectivity index (χ2n) is 2.11. The molecule has 2 aromatic rings. The Morgan fingerprint density at radius 1 is 0.786 bits per heavy atom. The van der Waals surface area contributed by atoms with Crippen LogP contribution < -0.4 is 0 Å². The topological polar surface area (TPSA) is 88.9 Å². The largest absolute Gasteiger partial charge is 0.276 e. The number of aromatic amines is 4. The van der Waals surface area contributed by atoms with Crippen molar-refractivity contribution in [3.63, 3.8) is 0 Å². The van der Waals surface area contributed by atoms with E-state index in [1.807, 2.05) is 0 Å². The molecule has 0 aromatic carbocycles. The lowest BCUT2D eigenvalue weighted by atomic mass is 11.3. The molecule has 0 fully saturated rings.